The second-order valence-electron chi connectivity index (χ2n) is 7.13. The van der Waals surface area contributed by atoms with Crippen LogP contribution in [-0.4, -0.2) is 36.1 Å². The normalized spacial score (nSPS) is 19.2. The molecular weight excluding hydrogens is 304 g/mol. The molecule has 2 unspecified atom stereocenters. The molecule has 1 saturated heterocycles. The molecule has 1 fully saturated rings. The van der Waals surface area contributed by atoms with E-state index in [0.717, 1.165) is 5.69 Å². The molecule has 2 amide bonds. The third-order valence-electron chi connectivity index (χ3n) is 4.65. The van der Waals surface area contributed by atoms with Gasteiger partial charge in [-0.15, -0.1) is 0 Å². The van der Waals surface area contributed by atoms with Crippen LogP contribution in [0.2, 0.25) is 0 Å². The minimum atomic E-state index is -0.658. The molecule has 0 saturated carbocycles. The van der Waals surface area contributed by atoms with Crippen LogP contribution in [0.4, 0.5) is 5.69 Å². The summed E-state index contributed by atoms with van der Waals surface area (Å²) in [4.78, 5) is 26.5. The summed E-state index contributed by atoms with van der Waals surface area (Å²) >= 11 is 0. The van der Waals surface area contributed by atoms with E-state index < -0.39 is 12.0 Å². The van der Waals surface area contributed by atoms with Gasteiger partial charge >= 0.3 is 0 Å². The van der Waals surface area contributed by atoms with Crippen molar-refractivity contribution in [2.24, 2.45) is 11.8 Å². The number of nitrogens with one attached hydrogen (secondary N) is 1. The zero-order valence-corrected chi connectivity index (χ0v) is 15.0. The lowest BCUT2D eigenvalue weighted by atomic mass is 10.0. The molecular formula is C19H28N2O3. The first kappa shape index (κ1) is 18.5. The van der Waals surface area contributed by atoms with Crippen LogP contribution in [0.15, 0.2) is 24.3 Å². The van der Waals surface area contributed by atoms with Crippen LogP contribution in [0.3, 0.4) is 0 Å². The molecule has 1 aromatic carbocycles. The number of benzene rings is 1. The molecule has 1 aromatic rings. The van der Waals surface area contributed by atoms with E-state index in [0.29, 0.717) is 18.9 Å². The number of amides is 2. The van der Waals surface area contributed by atoms with Gasteiger partial charge in [0.15, 0.2) is 0 Å². The van der Waals surface area contributed by atoms with E-state index in [1.165, 1.54) is 5.56 Å². The van der Waals surface area contributed by atoms with Crippen LogP contribution in [0.5, 0.6) is 0 Å². The summed E-state index contributed by atoms with van der Waals surface area (Å²) in [5, 5.41) is 12.5. The Kier molecular flexibility index (Phi) is 5.99. The van der Waals surface area contributed by atoms with Crippen LogP contribution in [0.25, 0.3) is 0 Å². The highest BCUT2D eigenvalue weighted by Crippen LogP contribution is 2.27. The van der Waals surface area contributed by atoms with Crippen LogP contribution < -0.4 is 10.2 Å². The summed E-state index contributed by atoms with van der Waals surface area (Å²) in [7, 11) is 0. The Hall–Kier alpha value is -1.88. The largest absolute Gasteiger partial charge is 0.391 e. The first-order chi connectivity index (χ1) is 11.3. The van der Waals surface area contributed by atoms with Crippen LogP contribution in [0.1, 0.15) is 45.6 Å². The van der Waals surface area contributed by atoms with Gasteiger partial charge < -0.3 is 15.3 Å². The lowest BCUT2D eigenvalue weighted by Gasteiger charge is -2.19. The zero-order chi connectivity index (χ0) is 17.9. The molecule has 0 aliphatic carbocycles. The Labute approximate surface area is 144 Å². The molecule has 0 aromatic heterocycles. The molecule has 0 spiro atoms. The lowest BCUT2D eigenvalue weighted by Crippen LogP contribution is -2.41. The van der Waals surface area contributed by atoms with Crippen molar-refractivity contribution in [3.05, 3.63) is 29.8 Å². The van der Waals surface area contributed by atoms with Crippen molar-refractivity contribution in [3.8, 4) is 0 Å². The summed E-state index contributed by atoms with van der Waals surface area (Å²) in [6.07, 6.45) is -0.0842. The molecule has 132 valence electrons. The van der Waals surface area contributed by atoms with E-state index >= 15 is 0 Å². The highest BCUT2D eigenvalue weighted by molar-refractivity contribution is 6.09. The third-order valence-corrected chi connectivity index (χ3v) is 4.65. The molecule has 2 atom stereocenters. The van der Waals surface area contributed by atoms with Gasteiger partial charge in [-0.05, 0) is 36.0 Å². The maximum absolute atomic E-state index is 12.5. The fraction of sp³-hybridized carbons (Fsp3) is 0.579. The highest BCUT2D eigenvalue weighted by atomic mass is 16.3. The Morgan fingerprint density at radius 1 is 1.25 bits per heavy atom. The van der Waals surface area contributed by atoms with E-state index in [2.05, 4.69) is 19.2 Å². The van der Waals surface area contributed by atoms with Crippen molar-refractivity contribution in [3.63, 3.8) is 0 Å². The Bertz CT molecular complexity index is 581. The molecule has 1 aliphatic heterocycles. The monoisotopic (exact) mass is 332 g/mol. The van der Waals surface area contributed by atoms with E-state index in [9.17, 15) is 14.7 Å². The Morgan fingerprint density at radius 3 is 2.42 bits per heavy atom. The highest BCUT2D eigenvalue weighted by Gasteiger charge is 2.37. The maximum Gasteiger partial charge on any atom is 0.239 e. The van der Waals surface area contributed by atoms with Gasteiger partial charge in [-0.25, -0.2) is 0 Å². The molecule has 24 heavy (non-hydrogen) atoms. The number of rotatable bonds is 6. The van der Waals surface area contributed by atoms with Crippen molar-refractivity contribution in [1.29, 1.82) is 0 Å². The predicted molar refractivity (Wildman–Crippen MR) is 94.8 cm³/mol. The van der Waals surface area contributed by atoms with Gasteiger partial charge in [-0.2, -0.15) is 0 Å². The SMILES string of the molecule is CC(C)c1ccc(N2CCC(C(=O)NCC(O)C(C)C)C2=O)cc1. The van der Waals surface area contributed by atoms with Crippen molar-refractivity contribution < 1.29 is 14.7 Å². The Morgan fingerprint density at radius 2 is 1.88 bits per heavy atom. The number of anilines is 1. The minimum Gasteiger partial charge on any atom is -0.391 e. The minimum absolute atomic E-state index is 0.0700. The summed E-state index contributed by atoms with van der Waals surface area (Å²) in [6.45, 7) is 8.76. The second kappa shape index (κ2) is 7.79. The van der Waals surface area contributed by atoms with E-state index in [-0.39, 0.29) is 24.3 Å². The van der Waals surface area contributed by atoms with Crippen molar-refractivity contribution in [1.82, 2.24) is 5.32 Å². The molecule has 5 nitrogen and oxygen atoms in total. The molecule has 1 aliphatic rings. The fourth-order valence-electron chi connectivity index (χ4n) is 2.78. The molecule has 2 rings (SSSR count). The molecule has 1 heterocycles. The van der Waals surface area contributed by atoms with Crippen LogP contribution in [0, 0.1) is 11.8 Å². The standard InChI is InChI=1S/C19H28N2O3/c1-12(2)14-5-7-15(8-6-14)21-10-9-16(19(21)24)18(23)20-11-17(22)13(3)4/h5-8,12-13,16-17,22H,9-11H2,1-4H3,(H,20,23). The van der Waals surface area contributed by atoms with E-state index in [4.69, 9.17) is 0 Å². The third kappa shape index (κ3) is 4.15. The van der Waals surface area contributed by atoms with Crippen LogP contribution in [-0.2, 0) is 9.59 Å². The summed E-state index contributed by atoms with van der Waals surface area (Å²) in [6, 6.07) is 7.94. The van der Waals surface area contributed by atoms with Gasteiger partial charge in [-0.1, -0.05) is 39.8 Å². The molecule has 5 heteroatoms. The van der Waals surface area contributed by atoms with Gasteiger partial charge in [-0.3, -0.25) is 9.59 Å². The van der Waals surface area contributed by atoms with Crippen molar-refractivity contribution in [2.75, 3.05) is 18.0 Å². The number of hydrogen-bond acceptors (Lipinski definition) is 3. The second-order valence-corrected chi connectivity index (χ2v) is 7.13. The van der Waals surface area contributed by atoms with Gasteiger partial charge in [0, 0.05) is 18.8 Å². The summed E-state index contributed by atoms with van der Waals surface area (Å²) in [5.74, 6) is -0.598. The smallest absolute Gasteiger partial charge is 0.239 e. The van der Waals surface area contributed by atoms with Crippen molar-refractivity contribution >= 4 is 17.5 Å². The number of aliphatic hydroxyl groups is 1. The summed E-state index contributed by atoms with van der Waals surface area (Å²) in [5.41, 5.74) is 2.06. The van der Waals surface area contributed by atoms with Gasteiger partial charge in [0.2, 0.25) is 11.8 Å². The lowest BCUT2D eigenvalue weighted by molar-refractivity contribution is -0.132. The van der Waals surface area contributed by atoms with E-state index in [1.54, 1.807) is 4.90 Å². The first-order valence-corrected chi connectivity index (χ1v) is 8.68. The maximum atomic E-state index is 12.5. The van der Waals surface area contributed by atoms with Crippen molar-refractivity contribution in [2.45, 2.75) is 46.1 Å². The predicted octanol–water partition coefficient (Wildman–Crippen LogP) is 2.30. The number of nitrogens with zero attached hydrogens (tertiary/aromatic N) is 1. The number of carbonyl (C=O) groups is 2. The quantitative estimate of drug-likeness (QED) is 0.785. The average molecular weight is 332 g/mol. The Balaban J connectivity index is 1.97. The number of carbonyl (C=O) groups excluding carboxylic acids is 2. The van der Waals surface area contributed by atoms with Gasteiger partial charge in [0.25, 0.3) is 0 Å². The van der Waals surface area contributed by atoms with E-state index in [1.807, 2.05) is 38.1 Å². The number of hydrogen-bond donors (Lipinski definition) is 2. The zero-order valence-electron chi connectivity index (χ0n) is 15.0. The van der Waals surface area contributed by atoms with Gasteiger partial charge in [0.1, 0.15) is 5.92 Å². The average Bonchev–Trinajstić information content (AvgIpc) is 2.93. The molecule has 2 N–H and O–H groups in total. The topological polar surface area (TPSA) is 69.6 Å². The number of aliphatic hydroxyl groups excluding tert-OH is 1. The first-order valence-electron chi connectivity index (χ1n) is 8.68. The van der Waals surface area contributed by atoms with Crippen LogP contribution >= 0.6 is 0 Å². The molecule has 0 radical (unpaired) electrons. The summed E-state index contributed by atoms with van der Waals surface area (Å²) < 4.78 is 0. The van der Waals surface area contributed by atoms with Gasteiger partial charge in [0.05, 0.1) is 6.10 Å². The fourth-order valence-corrected chi connectivity index (χ4v) is 2.78. The molecule has 0 bridgehead atoms.